The lowest BCUT2D eigenvalue weighted by Crippen LogP contribution is -2.41. The molecule has 0 spiro atoms. The summed E-state index contributed by atoms with van der Waals surface area (Å²) in [6, 6.07) is 13.2. The lowest BCUT2D eigenvalue weighted by atomic mass is 10.0. The van der Waals surface area contributed by atoms with E-state index in [-0.39, 0.29) is 23.4 Å². The molecule has 1 unspecified atom stereocenters. The SMILES string of the molecule is CCC(c1nc2ccccc2c(=O)n1-c1ccc(C)c(C)c1)N(CCC(C)C)C(=O)C(C)C. The van der Waals surface area contributed by atoms with Gasteiger partial charge in [0.25, 0.3) is 5.56 Å². The second-order valence-electron chi connectivity index (χ2n) is 9.69. The molecule has 3 rings (SSSR count). The summed E-state index contributed by atoms with van der Waals surface area (Å²) in [6.07, 6.45) is 1.57. The zero-order chi connectivity index (χ0) is 24.3. The first-order chi connectivity index (χ1) is 15.6. The van der Waals surface area contributed by atoms with Gasteiger partial charge in [-0.25, -0.2) is 4.98 Å². The molecule has 5 nitrogen and oxygen atoms in total. The Morgan fingerprint density at radius 2 is 1.73 bits per heavy atom. The minimum atomic E-state index is -0.294. The summed E-state index contributed by atoms with van der Waals surface area (Å²) in [4.78, 5) is 34.1. The Labute approximate surface area is 197 Å². The van der Waals surface area contributed by atoms with Gasteiger partial charge in [-0.3, -0.25) is 14.2 Å². The van der Waals surface area contributed by atoms with Crippen molar-refractivity contribution >= 4 is 16.8 Å². The quantitative estimate of drug-likeness (QED) is 0.426. The van der Waals surface area contributed by atoms with Crippen molar-refractivity contribution in [1.29, 1.82) is 0 Å². The molecule has 0 aliphatic carbocycles. The van der Waals surface area contributed by atoms with Gasteiger partial charge in [-0.1, -0.05) is 52.8 Å². The van der Waals surface area contributed by atoms with Crippen LogP contribution in [0.5, 0.6) is 0 Å². The van der Waals surface area contributed by atoms with Crippen molar-refractivity contribution in [3.8, 4) is 5.69 Å². The fourth-order valence-electron chi connectivity index (χ4n) is 4.18. The first-order valence-corrected chi connectivity index (χ1v) is 12.1. The molecule has 1 amide bonds. The van der Waals surface area contributed by atoms with Gasteiger partial charge >= 0.3 is 0 Å². The van der Waals surface area contributed by atoms with Crippen LogP contribution in [0.4, 0.5) is 0 Å². The molecule has 0 fully saturated rings. The lowest BCUT2D eigenvalue weighted by molar-refractivity contribution is -0.137. The number of hydrogen-bond acceptors (Lipinski definition) is 3. The van der Waals surface area contributed by atoms with Crippen molar-refractivity contribution in [2.24, 2.45) is 11.8 Å². The molecule has 5 heteroatoms. The number of nitrogens with zero attached hydrogens (tertiary/aromatic N) is 3. The van der Waals surface area contributed by atoms with Crippen molar-refractivity contribution in [2.75, 3.05) is 6.54 Å². The topological polar surface area (TPSA) is 55.2 Å². The summed E-state index contributed by atoms with van der Waals surface area (Å²) in [5.74, 6) is 1.06. The van der Waals surface area contributed by atoms with E-state index in [0.29, 0.717) is 35.6 Å². The van der Waals surface area contributed by atoms with Crippen molar-refractivity contribution in [1.82, 2.24) is 14.5 Å². The zero-order valence-electron chi connectivity index (χ0n) is 21.1. The van der Waals surface area contributed by atoms with Crippen LogP contribution in [0.15, 0.2) is 47.3 Å². The summed E-state index contributed by atoms with van der Waals surface area (Å²) in [5.41, 5.74) is 3.63. The van der Waals surface area contributed by atoms with Gasteiger partial charge in [0.15, 0.2) is 0 Å². The number of benzene rings is 2. The monoisotopic (exact) mass is 447 g/mol. The van der Waals surface area contributed by atoms with Crippen molar-refractivity contribution in [2.45, 2.75) is 67.3 Å². The molecule has 0 saturated heterocycles. The first-order valence-electron chi connectivity index (χ1n) is 12.1. The third kappa shape index (κ3) is 5.18. The Kier molecular flexibility index (Phi) is 7.72. The second-order valence-corrected chi connectivity index (χ2v) is 9.69. The van der Waals surface area contributed by atoms with E-state index in [2.05, 4.69) is 27.7 Å². The van der Waals surface area contributed by atoms with E-state index in [1.807, 2.05) is 68.1 Å². The summed E-state index contributed by atoms with van der Waals surface area (Å²) < 4.78 is 1.72. The van der Waals surface area contributed by atoms with Gasteiger partial charge in [-0.15, -0.1) is 0 Å². The van der Waals surface area contributed by atoms with E-state index >= 15 is 0 Å². The Morgan fingerprint density at radius 3 is 2.33 bits per heavy atom. The molecule has 0 saturated carbocycles. The number of fused-ring (bicyclic) bond motifs is 1. The maximum absolute atomic E-state index is 13.8. The minimum absolute atomic E-state index is 0.0940. The number of carbonyl (C=O) groups excluding carboxylic acids is 1. The van der Waals surface area contributed by atoms with Crippen LogP contribution in [-0.4, -0.2) is 26.9 Å². The van der Waals surface area contributed by atoms with E-state index in [1.165, 1.54) is 5.56 Å². The molecule has 0 aliphatic rings. The summed E-state index contributed by atoms with van der Waals surface area (Å²) >= 11 is 0. The lowest BCUT2D eigenvalue weighted by Gasteiger charge is -2.34. The van der Waals surface area contributed by atoms with Crippen LogP contribution in [0.3, 0.4) is 0 Å². The van der Waals surface area contributed by atoms with E-state index in [1.54, 1.807) is 4.57 Å². The number of aromatic nitrogens is 2. The van der Waals surface area contributed by atoms with Crippen LogP contribution in [0.25, 0.3) is 16.6 Å². The number of carbonyl (C=O) groups is 1. The smallest absolute Gasteiger partial charge is 0.266 e. The third-order valence-electron chi connectivity index (χ3n) is 6.34. The van der Waals surface area contributed by atoms with Gasteiger partial charge in [-0.05, 0) is 68.0 Å². The fourth-order valence-corrected chi connectivity index (χ4v) is 4.18. The number of hydrogen-bond donors (Lipinski definition) is 0. The predicted octanol–water partition coefficient (Wildman–Crippen LogP) is 5.98. The fraction of sp³-hybridized carbons (Fsp3) is 0.464. The summed E-state index contributed by atoms with van der Waals surface area (Å²) in [7, 11) is 0. The molecular formula is C28H37N3O2. The average molecular weight is 448 g/mol. The van der Waals surface area contributed by atoms with Crippen LogP contribution in [0.2, 0.25) is 0 Å². The van der Waals surface area contributed by atoms with Crippen LogP contribution >= 0.6 is 0 Å². The highest BCUT2D eigenvalue weighted by Gasteiger charge is 2.30. The molecule has 176 valence electrons. The normalized spacial score (nSPS) is 12.5. The highest BCUT2D eigenvalue weighted by atomic mass is 16.2. The highest BCUT2D eigenvalue weighted by molar-refractivity contribution is 5.80. The van der Waals surface area contributed by atoms with Gasteiger partial charge in [0.1, 0.15) is 5.82 Å². The second kappa shape index (κ2) is 10.3. The van der Waals surface area contributed by atoms with Crippen LogP contribution in [0.1, 0.15) is 70.5 Å². The molecular weight excluding hydrogens is 410 g/mol. The van der Waals surface area contributed by atoms with Gasteiger partial charge in [0, 0.05) is 12.5 Å². The Morgan fingerprint density at radius 1 is 1.03 bits per heavy atom. The molecule has 0 radical (unpaired) electrons. The Bertz CT molecular complexity index is 1190. The molecule has 1 atom stereocenters. The van der Waals surface area contributed by atoms with Gasteiger partial charge in [-0.2, -0.15) is 0 Å². The maximum Gasteiger partial charge on any atom is 0.266 e. The number of amides is 1. The van der Waals surface area contributed by atoms with E-state index in [4.69, 9.17) is 4.98 Å². The number of para-hydroxylation sites is 1. The molecule has 33 heavy (non-hydrogen) atoms. The van der Waals surface area contributed by atoms with E-state index in [0.717, 1.165) is 17.7 Å². The molecule has 2 aromatic carbocycles. The number of rotatable bonds is 8. The van der Waals surface area contributed by atoms with Gasteiger partial charge < -0.3 is 4.90 Å². The van der Waals surface area contributed by atoms with E-state index < -0.39 is 0 Å². The Hall–Kier alpha value is -2.95. The van der Waals surface area contributed by atoms with Crippen LogP contribution < -0.4 is 5.56 Å². The standard InChI is InChI=1S/C28H37N3O2/c1-8-25(30(16-15-18(2)3)27(32)19(4)5)26-29-24-12-10-9-11-23(24)28(33)31(26)22-14-13-20(6)21(7)17-22/h9-14,17-19,25H,8,15-16H2,1-7H3. The van der Waals surface area contributed by atoms with Crippen molar-refractivity contribution in [3.63, 3.8) is 0 Å². The Balaban J connectivity index is 2.30. The third-order valence-corrected chi connectivity index (χ3v) is 6.34. The molecule has 0 bridgehead atoms. The summed E-state index contributed by atoms with van der Waals surface area (Å²) in [5, 5.41) is 0.582. The number of aryl methyl sites for hydroxylation is 2. The largest absolute Gasteiger partial charge is 0.332 e. The molecule has 3 aromatic rings. The molecule has 1 aromatic heterocycles. The van der Waals surface area contributed by atoms with Crippen molar-refractivity contribution in [3.05, 3.63) is 69.8 Å². The minimum Gasteiger partial charge on any atom is -0.332 e. The van der Waals surface area contributed by atoms with Crippen LogP contribution in [-0.2, 0) is 4.79 Å². The predicted molar refractivity (Wildman–Crippen MR) is 136 cm³/mol. The van der Waals surface area contributed by atoms with Crippen molar-refractivity contribution < 1.29 is 4.79 Å². The van der Waals surface area contributed by atoms with Crippen LogP contribution in [0, 0.1) is 25.7 Å². The summed E-state index contributed by atoms with van der Waals surface area (Å²) in [6.45, 7) is 15.0. The molecule has 0 aliphatic heterocycles. The van der Waals surface area contributed by atoms with Gasteiger partial charge in [0.05, 0.1) is 22.6 Å². The molecule has 1 heterocycles. The highest BCUT2D eigenvalue weighted by Crippen LogP contribution is 2.28. The van der Waals surface area contributed by atoms with E-state index in [9.17, 15) is 9.59 Å². The first kappa shape index (κ1) is 24.7. The van der Waals surface area contributed by atoms with Gasteiger partial charge in [0.2, 0.25) is 5.91 Å². The maximum atomic E-state index is 13.8. The molecule has 0 N–H and O–H groups in total. The average Bonchev–Trinajstić information content (AvgIpc) is 2.78. The zero-order valence-corrected chi connectivity index (χ0v) is 21.1.